The topological polar surface area (TPSA) is 72.5 Å². The maximum absolute atomic E-state index is 11.5. The van der Waals surface area contributed by atoms with E-state index in [1.807, 2.05) is 30.3 Å². The third-order valence-corrected chi connectivity index (χ3v) is 2.48. The summed E-state index contributed by atoms with van der Waals surface area (Å²) in [4.78, 5) is 33.6. The number of carbonyl (C=O) groups is 3. The van der Waals surface area contributed by atoms with Gasteiger partial charge < -0.3 is 4.74 Å². The minimum absolute atomic E-state index is 0.109. The molecule has 0 bridgehead atoms. The highest BCUT2D eigenvalue weighted by Crippen LogP contribution is 2.13. The molecule has 1 aromatic carbocycles. The molecule has 1 N–H and O–H groups in total. The van der Waals surface area contributed by atoms with Gasteiger partial charge in [-0.1, -0.05) is 30.3 Å². The van der Waals surface area contributed by atoms with Gasteiger partial charge in [0, 0.05) is 6.42 Å². The summed E-state index contributed by atoms with van der Waals surface area (Å²) < 4.78 is 4.98. The van der Waals surface area contributed by atoms with Crippen molar-refractivity contribution in [2.45, 2.75) is 13.0 Å². The molecule has 1 atom stereocenters. The largest absolute Gasteiger partial charge is 0.460 e. The fraction of sp³-hybridized carbons (Fsp3) is 0.250. The Kier molecular flexibility index (Phi) is 3.18. The number of hydrogen-bond acceptors (Lipinski definition) is 4. The predicted octanol–water partition coefficient (Wildman–Crippen LogP) is 0.393. The first-order chi connectivity index (χ1) is 8.16. The number of ether oxygens (including phenoxy) is 1. The van der Waals surface area contributed by atoms with Crippen molar-refractivity contribution in [3.63, 3.8) is 0 Å². The molecule has 0 unspecified atom stereocenters. The van der Waals surface area contributed by atoms with Crippen molar-refractivity contribution in [2.24, 2.45) is 5.92 Å². The van der Waals surface area contributed by atoms with Gasteiger partial charge in [-0.25, -0.2) is 0 Å². The van der Waals surface area contributed by atoms with Crippen LogP contribution in [-0.4, -0.2) is 17.8 Å². The van der Waals surface area contributed by atoms with Gasteiger partial charge in [-0.05, 0) is 5.56 Å². The lowest BCUT2D eigenvalue weighted by molar-refractivity contribution is -0.152. The molecule has 0 saturated carbocycles. The summed E-state index contributed by atoms with van der Waals surface area (Å²) in [6.45, 7) is 0.109. The third-order valence-electron chi connectivity index (χ3n) is 2.48. The summed E-state index contributed by atoms with van der Waals surface area (Å²) in [7, 11) is 0. The molecule has 1 aliphatic heterocycles. The van der Waals surface area contributed by atoms with Gasteiger partial charge in [-0.2, -0.15) is 0 Å². The second-order valence-corrected chi connectivity index (χ2v) is 3.76. The average Bonchev–Trinajstić information content (AvgIpc) is 2.67. The van der Waals surface area contributed by atoms with Crippen LogP contribution in [0.1, 0.15) is 12.0 Å². The lowest BCUT2D eigenvalue weighted by Crippen LogP contribution is -2.27. The Morgan fingerprint density at radius 3 is 2.59 bits per heavy atom. The monoisotopic (exact) mass is 233 g/mol. The van der Waals surface area contributed by atoms with Gasteiger partial charge in [-0.15, -0.1) is 0 Å². The van der Waals surface area contributed by atoms with Crippen LogP contribution in [0.4, 0.5) is 0 Å². The summed E-state index contributed by atoms with van der Waals surface area (Å²) in [6, 6.07) is 9.14. The maximum atomic E-state index is 11.5. The molecule has 1 saturated heterocycles. The summed E-state index contributed by atoms with van der Waals surface area (Å²) in [5.74, 6) is -2.66. The normalized spacial score (nSPS) is 18.9. The summed E-state index contributed by atoms with van der Waals surface area (Å²) in [6.07, 6.45) is -0.119. The van der Waals surface area contributed by atoms with Gasteiger partial charge in [0.1, 0.15) is 12.5 Å². The van der Waals surface area contributed by atoms with E-state index in [4.69, 9.17) is 4.74 Å². The van der Waals surface area contributed by atoms with E-state index in [2.05, 4.69) is 5.32 Å². The molecular weight excluding hydrogens is 222 g/mol. The van der Waals surface area contributed by atoms with E-state index in [1.165, 1.54) is 0 Å². The first-order valence-electron chi connectivity index (χ1n) is 5.21. The highest BCUT2D eigenvalue weighted by Gasteiger charge is 2.37. The van der Waals surface area contributed by atoms with Crippen LogP contribution in [0.5, 0.6) is 0 Å². The molecule has 1 aliphatic rings. The number of benzene rings is 1. The molecule has 88 valence electrons. The SMILES string of the molecule is O=C1C[C@H](C(=O)OCc2ccccc2)C(=O)N1. The number of carbonyl (C=O) groups excluding carboxylic acids is 3. The summed E-state index contributed by atoms with van der Waals surface area (Å²) in [5.41, 5.74) is 0.839. The minimum atomic E-state index is -0.994. The highest BCUT2D eigenvalue weighted by molar-refractivity contribution is 6.12. The van der Waals surface area contributed by atoms with Gasteiger partial charge >= 0.3 is 5.97 Å². The molecule has 1 fully saturated rings. The van der Waals surface area contributed by atoms with E-state index >= 15 is 0 Å². The number of amides is 2. The van der Waals surface area contributed by atoms with Crippen LogP contribution in [0.2, 0.25) is 0 Å². The molecule has 5 heteroatoms. The molecule has 0 aliphatic carbocycles. The van der Waals surface area contributed by atoms with Crippen molar-refractivity contribution < 1.29 is 19.1 Å². The van der Waals surface area contributed by atoms with Crippen molar-refractivity contribution in [1.29, 1.82) is 0 Å². The third kappa shape index (κ3) is 2.69. The zero-order valence-corrected chi connectivity index (χ0v) is 9.01. The van der Waals surface area contributed by atoms with Crippen molar-refractivity contribution in [1.82, 2.24) is 5.32 Å². The van der Waals surface area contributed by atoms with Gasteiger partial charge in [-0.3, -0.25) is 19.7 Å². The second-order valence-electron chi connectivity index (χ2n) is 3.76. The highest BCUT2D eigenvalue weighted by atomic mass is 16.5. The van der Waals surface area contributed by atoms with E-state index in [0.29, 0.717) is 0 Å². The standard InChI is InChI=1S/C12H11NO4/c14-10-6-9(11(15)13-10)12(16)17-7-8-4-2-1-3-5-8/h1-5,9H,6-7H2,(H,13,14,15)/t9-/m0/s1. The lowest BCUT2D eigenvalue weighted by Gasteiger charge is -2.07. The summed E-state index contributed by atoms with van der Waals surface area (Å²) in [5, 5.41) is 2.07. The zero-order chi connectivity index (χ0) is 12.3. The van der Waals surface area contributed by atoms with Crippen molar-refractivity contribution in [3.05, 3.63) is 35.9 Å². The Morgan fingerprint density at radius 1 is 1.29 bits per heavy atom. The summed E-state index contributed by atoms with van der Waals surface area (Å²) >= 11 is 0. The smallest absolute Gasteiger partial charge is 0.319 e. The van der Waals surface area contributed by atoms with Crippen molar-refractivity contribution >= 4 is 17.8 Å². The number of hydrogen-bond donors (Lipinski definition) is 1. The van der Waals surface area contributed by atoms with E-state index in [9.17, 15) is 14.4 Å². The Hall–Kier alpha value is -2.17. The van der Waals surface area contributed by atoms with Crippen LogP contribution in [0.25, 0.3) is 0 Å². The van der Waals surface area contributed by atoms with Gasteiger partial charge in [0.05, 0.1) is 0 Å². The molecule has 2 rings (SSSR count). The van der Waals surface area contributed by atoms with Gasteiger partial charge in [0.2, 0.25) is 11.8 Å². The van der Waals surface area contributed by atoms with Gasteiger partial charge in [0.25, 0.3) is 0 Å². The fourth-order valence-corrected chi connectivity index (χ4v) is 1.57. The number of rotatable bonds is 3. The van der Waals surface area contributed by atoms with Crippen LogP contribution < -0.4 is 5.32 Å². The van der Waals surface area contributed by atoms with E-state index in [1.54, 1.807) is 0 Å². The quantitative estimate of drug-likeness (QED) is 0.465. The van der Waals surface area contributed by atoms with E-state index in [0.717, 1.165) is 5.56 Å². The molecule has 0 spiro atoms. The minimum Gasteiger partial charge on any atom is -0.460 e. The van der Waals surface area contributed by atoms with Crippen LogP contribution in [0, 0.1) is 5.92 Å². The molecule has 1 aromatic rings. The molecule has 1 heterocycles. The van der Waals surface area contributed by atoms with Crippen molar-refractivity contribution in [3.8, 4) is 0 Å². The number of nitrogens with one attached hydrogen (secondary N) is 1. The number of esters is 1. The maximum Gasteiger partial charge on any atom is 0.319 e. The second kappa shape index (κ2) is 4.78. The number of imide groups is 1. The molecule has 0 radical (unpaired) electrons. The first-order valence-corrected chi connectivity index (χ1v) is 5.21. The Morgan fingerprint density at radius 2 is 2.00 bits per heavy atom. The Balaban J connectivity index is 1.90. The molecule has 17 heavy (non-hydrogen) atoms. The average molecular weight is 233 g/mol. The van der Waals surface area contributed by atoms with Gasteiger partial charge in [0.15, 0.2) is 0 Å². The van der Waals surface area contributed by atoms with Crippen molar-refractivity contribution in [2.75, 3.05) is 0 Å². The van der Waals surface area contributed by atoms with E-state index < -0.39 is 23.7 Å². The molecule has 2 amide bonds. The molecule has 5 nitrogen and oxygen atoms in total. The van der Waals surface area contributed by atoms with Crippen LogP contribution in [0.15, 0.2) is 30.3 Å². The van der Waals surface area contributed by atoms with Crippen LogP contribution in [0.3, 0.4) is 0 Å². The fourth-order valence-electron chi connectivity index (χ4n) is 1.57. The van der Waals surface area contributed by atoms with Crippen LogP contribution in [-0.2, 0) is 25.7 Å². The molecular formula is C12H11NO4. The molecule has 0 aromatic heterocycles. The zero-order valence-electron chi connectivity index (χ0n) is 9.01. The van der Waals surface area contributed by atoms with Crippen LogP contribution >= 0.6 is 0 Å². The Bertz CT molecular complexity index is 455. The Labute approximate surface area is 97.8 Å². The lowest BCUT2D eigenvalue weighted by atomic mass is 10.1. The first kappa shape index (κ1) is 11.3. The van der Waals surface area contributed by atoms with E-state index in [-0.39, 0.29) is 13.0 Å². The predicted molar refractivity (Wildman–Crippen MR) is 57.5 cm³/mol.